The minimum Gasteiger partial charge on any atom is -0.312 e. The summed E-state index contributed by atoms with van der Waals surface area (Å²) < 4.78 is 28.0. The molecule has 0 spiro atoms. The number of amides is 1. The molecule has 0 radical (unpaired) electrons. The third kappa shape index (κ3) is 3.62. The number of hydrogen-bond donors (Lipinski definition) is 1. The van der Waals surface area contributed by atoms with Gasteiger partial charge in [-0.15, -0.1) is 0 Å². The van der Waals surface area contributed by atoms with E-state index in [0.717, 1.165) is 18.5 Å². The number of nitrogens with one attached hydrogen (secondary N) is 1. The van der Waals surface area contributed by atoms with E-state index in [0.29, 0.717) is 23.1 Å². The van der Waals surface area contributed by atoms with Crippen molar-refractivity contribution < 1.29 is 13.2 Å². The van der Waals surface area contributed by atoms with Gasteiger partial charge >= 0.3 is 0 Å². The van der Waals surface area contributed by atoms with E-state index in [1.54, 1.807) is 47.4 Å². The number of hydrogen-bond acceptors (Lipinski definition) is 3. The summed E-state index contributed by atoms with van der Waals surface area (Å²) in [6, 6.07) is 13.5. The molecule has 2 aromatic carbocycles. The summed E-state index contributed by atoms with van der Waals surface area (Å²) in [4.78, 5) is 13.9. The predicted octanol–water partition coefficient (Wildman–Crippen LogP) is 3.77. The Labute approximate surface area is 149 Å². The molecule has 5 nitrogen and oxygen atoms in total. The fourth-order valence-electron chi connectivity index (χ4n) is 2.66. The molecule has 0 unspecified atom stereocenters. The Morgan fingerprint density at radius 3 is 2.38 bits per heavy atom. The first-order chi connectivity index (χ1) is 11.5. The topological polar surface area (TPSA) is 66.5 Å². The average Bonchev–Trinajstić information content (AvgIpc) is 2.56. The zero-order chi connectivity index (χ0) is 17.2. The van der Waals surface area contributed by atoms with Gasteiger partial charge in [0.05, 0.1) is 0 Å². The van der Waals surface area contributed by atoms with Crippen molar-refractivity contribution in [1.29, 1.82) is 0 Å². The van der Waals surface area contributed by atoms with Gasteiger partial charge in [0.2, 0.25) is 5.91 Å². The molecule has 2 aromatic rings. The smallest absolute Gasteiger partial charge is 0.263 e. The molecule has 126 valence electrons. The van der Waals surface area contributed by atoms with Crippen LogP contribution in [0.5, 0.6) is 0 Å². The molecule has 0 aromatic heterocycles. The minimum absolute atomic E-state index is 0.114. The van der Waals surface area contributed by atoms with E-state index in [1.807, 2.05) is 0 Å². The van der Waals surface area contributed by atoms with Gasteiger partial charge in [0, 0.05) is 28.8 Å². The first kappa shape index (κ1) is 17.0. The van der Waals surface area contributed by atoms with E-state index in [-0.39, 0.29) is 10.8 Å². The Balaban J connectivity index is 1.79. The number of piperidine rings is 1. The van der Waals surface area contributed by atoms with Crippen LogP contribution in [0.4, 0.5) is 11.4 Å². The third-order valence-corrected chi connectivity index (χ3v) is 6.27. The normalized spacial score (nSPS) is 15.4. The van der Waals surface area contributed by atoms with Crippen LogP contribution in [-0.4, -0.2) is 20.9 Å². The molecule has 3 rings (SSSR count). The number of sulfonamides is 1. The summed E-state index contributed by atoms with van der Waals surface area (Å²) in [7, 11) is -3.67. The number of carbonyl (C=O) groups is 1. The minimum atomic E-state index is -3.67. The molecule has 1 saturated heterocycles. The van der Waals surface area contributed by atoms with Crippen molar-refractivity contribution in [3.05, 3.63) is 53.0 Å². The molecule has 0 atom stereocenters. The second kappa shape index (κ2) is 6.94. The summed E-state index contributed by atoms with van der Waals surface area (Å²) in [5.74, 6) is 0.114. The van der Waals surface area contributed by atoms with Crippen LogP contribution >= 0.6 is 15.9 Å². The lowest BCUT2D eigenvalue weighted by Crippen LogP contribution is -2.35. The summed E-state index contributed by atoms with van der Waals surface area (Å²) in [6.45, 7) is 0.709. The van der Waals surface area contributed by atoms with E-state index in [2.05, 4.69) is 20.7 Å². The van der Waals surface area contributed by atoms with Crippen molar-refractivity contribution in [2.75, 3.05) is 16.2 Å². The van der Waals surface area contributed by atoms with Gasteiger partial charge in [-0.25, -0.2) is 8.42 Å². The van der Waals surface area contributed by atoms with Crippen LogP contribution in [0.1, 0.15) is 19.3 Å². The summed E-state index contributed by atoms with van der Waals surface area (Å²) in [5, 5.41) is 0. The SMILES string of the molecule is O=C1CCCCN1c1ccc(NS(=O)(=O)c2ccccc2Br)cc1. The maximum atomic E-state index is 12.5. The number of nitrogens with zero attached hydrogens (tertiary/aromatic N) is 1. The van der Waals surface area contributed by atoms with Crippen molar-refractivity contribution in [2.24, 2.45) is 0 Å². The summed E-state index contributed by atoms with van der Waals surface area (Å²) in [6.07, 6.45) is 2.48. The molecule has 1 fully saturated rings. The van der Waals surface area contributed by atoms with E-state index in [9.17, 15) is 13.2 Å². The summed E-state index contributed by atoms with van der Waals surface area (Å²) >= 11 is 3.25. The fraction of sp³-hybridized carbons (Fsp3) is 0.235. The second-order valence-corrected chi connectivity index (χ2v) is 8.09. The predicted molar refractivity (Wildman–Crippen MR) is 97.6 cm³/mol. The molecule has 1 aliphatic rings. The molecular weight excluding hydrogens is 392 g/mol. The van der Waals surface area contributed by atoms with Gasteiger partial charge in [0.1, 0.15) is 4.90 Å². The van der Waals surface area contributed by atoms with Crippen LogP contribution in [-0.2, 0) is 14.8 Å². The highest BCUT2D eigenvalue weighted by atomic mass is 79.9. The van der Waals surface area contributed by atoms with Crippen molar-refractivity contribution in [3.63, 3.8) is 0 Å². The molecule has 1 N–H and O–H groups in total. The fourth-order valence-corrected chi connectivity index (χ4v) is 4.72. The van der Waals surface area contributed by atoms with Gasteiger partial charge in [-0.2, -0.15) is 0 Å². The van der Waals surface area contributed by atoms with Gasteiger partial charge in [0.15, 0.2) is 0 Å². The van der Waals surface area contributed by atoms with E-state index < -0.39 is 10.0 Å². The molecular formula is C17H17BrN2O3S. The van der Waals surface area contributed by atoms with Crippen LogP contribution in [0.25, 0.3) is 0 Å². The van der Waals surface area contributed by atoms with Crippen LogP contribution in [0.3, 0.4) is 0 Å². The van der Waals surface area contributed by atoms with E-state index >= 15 is 0 Å². The first-order valence-corrected chi connectivity index (χ1v) is 9.93. The maximum absolute atomic E-state index is 12.5. The lowest BCUT2D eigenvalue weighted by Gasteiger charge is -2.26. The highest BCUT2D eigenvalue weighted by molar-refractivity contribution is 9.10. The standard InChI is InChI=1S/C17H17BrN2O3S/c18-15-5-1-2-6-16(15)24(22,23)19-13-8-10-14(11-9-13)20-12-4-3-7-17(20)21/h1-2,5-6,8-11,19H,3-4,7,12H2. The molecule has 1 aliphatic heterocycles. The molecule has 1 amide bonds. The quantitative estimate of drug-likeness (QED) is 0.836. The first-order valence-electron chi connectivity index (χ1n) is 7.65. The largest absolute Gasteiger partial charge is 0.312 e. The van der Waals surface area contributed by atoms with E-state index in [4.69, 9.17) is 0 Å². The van der Waals surface area contributed by atoms with Crippen molar-refractivity contribution >= 4 is 43.2 Å². The third-order valence-electron chi connectivity index (χ3n) is 3.88. The summed E-state index contributed by atoms with van der Waals surface area (Å²) in [5.41, 5.74) is 1.25. The molecule has 1 heterocycles. The highest BCUT2D eigenvalue weighted by Gasteiger charge is 2.20. The Hall–Kier alpha value is -1.86. The van der Waals surface area contributed by atoms with Gasteiger partial charge in [-0.3, -0.25) is 9.52 Å². The molecule has 0 bridgehead atoms. The maximum Gasteiger partial charge on any atom is 0.263 e. The Bertz CT molecular complexity index is 850. The van der Waals surface area contributed by atoms with Gasteiger partial charge in [0.25, 0.3) is 10.0 Å². The van der Waals surface area contributed by atoms with Crippen LogP contribution in [0, 0.1) is 0 Å². The molecule has 0 aliphatic carbocycles. The number of anilines is 2. The van der Waals surface area contributed by atoms with Gasteiger partial charge in [-0.1, -0.05) is 12.1 Å². The lowest BCUT2D eigenvalue weighted by molar-refractivity contribution is -0.119. The number of halogens is 1. The number of carbonyl (C=O) groups excluding carboxylic acids is 1. The van der Waals surface area contributed by atoms with Crippen molar-refractivity contribution in [1.82, 2.24) is 0 Å². The number of benzene rings is 2. The lowest BCUT2D eigenvalue weighted by atomic mass is 10.1. The van der Waals surface area contributed by atoms with Crippen molar-refractivity contribution in [2.45, 2.75) is 24.2 Å². The Morgan fingerprint density at radius 1 is 1.00 bits per heavy atom. The van der Waals surface area contributed by atoms with Crippen LogP contribution in [0.2, 0.25) is 0 Å². The van der Waals surface area contributed by atoms with Gasteiger partial charge in [-0.05, 0) is 65.2 Å². The average molecular weight is 409 g/mol. The Morgan fingerprint density at radius 2 is 1.71 bits per heavy atom. The Kier molecular flexibility index (Phi) is 4.91. The van der Waals surface area contributed by atoms with Crippen LogP contribution in [0.15, 0.2) is 57.9 Å². The monoisotopic (exact) mass is 408 g/mol. The molecule has 7 heteroatoms. The number of rotatable bonds is 4. The zero-order valence-electron chi connectivity index (χ0n) is 12.9. The molecule has 24 heavy (non-hydrogen) atoms. The van der Waals surface area contributed by atoms with E-state index in [1.165, 1.54) is 6.07 Å². The van der Waals surface area contributed by atoms with Gasteiger partial charge < -0.3 is 4.90 Å². The highest BCUT2D eigenvalue weighted by Crippen LogP contribution is 2.26. The second-order valence-electron chi connectivity index (χ2n) is 5.59. The zero-order valence-corrected chi connectivity index (χ0v) is 15.3. The van der Waals surface area contributed by atoms with Crippen molar-refractivity contribution in [3.8, 4) is 0 Å². The molecule has 0 saturated carbocycles. The van der Waals surface area contributed by atoms with Crippen LogP contribution < -0.4 is 9.62 Å².